The summed E-state index contributed by atoms with van der Waals surface area (Å²) in [5, 5.41) is 0. The first-order valence-corrected chi connectivity index (χ1v) is 18.5. The van der Waals surface area contributed by atoms with Gasteiger partial charge < -0.3 is 0 Å². The fourth-order valence-electron chi connectivity index (χ4n) is 6.97. The van der Waals surface area contributed by atoms with Crippen LogP contribution < -0.4 is 0 Å². The maximum Gasteiger partial charge on any atom is 0.163 e. The van der Waals surface area contributed by atoms with Gasteiger partial charge in [0.05, 0.1) is 11.4 Å². The second kappa shape index (κ2) is 15.0. The number of rotatable bonds is 8. The van der Waals surface area contributed by atoms with E-state index in [4.69, 9.17) is 19.9 Å². The predicted octanol–water partition coefficient (Wildman–Crippen LogP) is 12.9. The largest absolute Gasteiger partial charge is 0.248 e. The highest BCUT2D eigenvalue weighted by atomic mass is 15.0. The molecule has 0 unspecified atom stereocenters. The molecule has 0 aliphatic heterocycles. The molecule has 4 heteroatoms. The van der Waals surface area contributed by atoms with Gasteiger partial charge in [0.1, 0.15) is 5.82 Å². The van der Waals surface area contributed by atoms with Crippen LogP contribution in [0.4, 0.5) is 0 Å². The van der Waals surface area contributed by atoms with Gasteiger partial charge in [-0.15, -0.1) is 0 Å². The molecule has 0 radical (unpaired) electrons. The summed E-state index contributed by atoms with van der Waals surface area (Å²) < 4.78 is 0. The van der Waals surface area contributed by atoms with Gasteiger partial charge in [-0.2, -0.15) is 0 Å². The average molecular weight is 705 g/mol. The Bertz CT molecular complexity index is 2650. The normalized spacial score (nSPS) is 11.0. The fraction of sp³-hybridized carbons (Fsp3) is 0.0196. The Morgan fingerprint density at radius 2 is 0.545 bits per heavy atom. The molecule has 9 rings (SSSR count). The van der Waals surface area contributed by atoms with Crippen molar-refractivity contribution in [3.05, 3.63) is 206 Å². The third-order valence-electron chi connectivity index (χ3n) is 9.81. The smallest absolute Gasteiger partial charge is 0.163 e. The van der Waals surface area contributed by atoms with Crippen molar-refractivity contribution < 1.29 is 0 Å². The molecule has 9 aromatic rings. The van der Waals surface area contributed by atoms with Crippen molar-refractivity contribution >= 4 is 0 Å². The molecule has 0 saturated carbocycles. The van der Waals surface area contributed by atoms with Crippen LogP contribution in [0.5, 0.6) is 0 Å². The van der Waals surface area contributed by atoms with Gasteiger partial charge in [-0.25, -0.2) is 19.9 Å². The first-order chi connectivity index (χ1) is 27.1. The third kappa shape index (κ3) is 7.35. The number of hydrogen-bond donors (Lipinski definition) is 0. The summed E-state index contributed by atoms with van der Waals surface area (Å²) in [4.78, 5) is 19.6. The quantitative estimate of drug-likeness (QED) is 0.158. The van der Waals surface area contributed by atoms with E-state index in [1.54, 1.807) is 0 Å². The molecule has 7 aromatic carbocycles. The van der Waals surface area contributed by atoms with Crippen LogP contribution >= 0.6 is 0 Å². The summed E-state index contributed by atoms with van der Waals surface area (Å²) >= 11 is 0. The minimum absolute atomic E-state index is 0.644. The predicted molar refractivity (Wildman–Crippen MR) is 226 cm³/mol. The summed E-state index contributed by atoms with van der Waals surface area (Å²) in [6, 6.07) is 69.9. The van der Waals surface area contributed by atoms with Crippen LogP contribution in [-0.2, 0) is 0 Å². The molecule has 0 aliphatic carbocycles. The number of pyridine rings is 1. The molecule has 4 nitrogen and oxygen atoms in total. The lowest BCUT2D eigenvalue weighted by Gasteiger charge is -2.13. The fourth-order valence-corrected chi connectivity index (χ4v) is 6.97. The first kappa shape index (κ1) is 33.5. The maximum atomic E-state index is 5.08. The van der Waals surface area contributed by atoms with E-state index in [1.165, 1.54) is 11.1 Å². The summed E-state index contributed by atoms with van der Waals surface area (Å²) in [5.74, 6) is 1.98. The van der Waals surface area contributed by atoms with Gasteiger partial charge in [-0.1, -0.05) is 170 Å². The first-order valence-electron chi connectivity index (χ1n) is 18.5. The zero-order valence-corrected chi connectivity index (χ0v) is 30.3. The molecule has 0 bridgehead atoms. The summed E-state index contributed by atoms with van der Waals surface area (Å²) in [7, 11) is 0. The number of aryl methyl sites for hydroxylation is 1. The zero-order valence-electron chi connectivity index (χ0n) is 30.3. The molecule has 2 aromatic heterocycles. The van der Waals surface area contributed by atoms with Gasteiger partial charge in [0, 0.05) is 22.3 Å². The van der Waals surface area contributed by atoms with Gasteiger partial charge in [0.15, 0.2) is 11.6 Å². The lowest BCUT2D eigenvalue weighted by Crippen LogP contribution is -2.00. The summed E-state index contributed by atoms with van der Waals surface area (Å²) in [5.41, 5.74) is 14.9. The molecule has 0 aliphatic rings. The van der Waals surface area contributed by atoms with Crippen LogP contribution in [0.15, 0.2) is 200 Å². The lowest BCUT2D eigenvalue weighted by atomic mass is 9.93. The van der Waals surface area contributed by atoms with E-state index in [1.807, 2.05) is 55.5 Å². The van der Waals surface area contributed by atoms with Crippen molar-refractivity contribution in [2.24, 2.45) is 0 Å². The average Bonchev–Trinajstić information content (AvgIpc) is 3.27. The number of nitrogens with zero attached hydrogens (tertiary/aromatic N) is 4. The molecule has 260 valence electrons. The van der Waals surface area contributed by atoms with Crippen molar-refractivity contribution in [2.45, 2.75) is 6.92 Å². The molecule has 0 spiro atoms. The van der Waals surface area contributed by atoms with Crippen LogP contribution in [0.1, 0.15) is 5.82 Å². The van der Waals surface area contributed by atoms with Crippen LogP contribution in [0.3, 0.4) is 0 Å². The van der Waals surface area contributed by atoms with E-state index in [9.17, 15) is 0 Å². The molecule has 0 atom stereocenters. The second-order valence-electron chi connectivity index (χ2n) is 13.6. The second-order valence-corrected chi connectivity index (χ2v) is 13.6. The topological polar surface area (TPSA) is 51.6 Å². The molecule has 0 N–H and O–H groups in total. The van der Waals surface area contributed by atoms with E-state index in [0.29, 0.717) is 17.5 Å². The van der Waals surface area contributed by atoms with E-state index < -0.39 is 0 Å². The number of benzene rings is 7. The number of aromatic nitrogens is 4. The van der Waals surface area contributed by atoms with Gasteiger partial charge in [-0.3, -0.25) is 0 Å². The monoisotopic (exact) mass is 704 g/mol. The molecule has 0 saturated heterocycles. The standard InChI is InChI=1S/C51H36N4/c1-35-52-50(43-20-12-5-13-21-43)55-51(53-35)47-31-44(38-24-22-37(23-25-38)36-14-6-2-7-15-36)30-45(32-47)39-26-28-40(29-27-39)46-33-48(41-16-8-3-9-17-41)54-49(34-46)42-18-10-4-11-19-42/h2-34H,1H3. The Kier molecular flexibility index (Phi) is 9.13. The molecular weight excluding hydrogens is 669 g/mol. The Morgan fingerprint density at radius 1 is 0.236 bits per heavy atom. The van der Waals surface area contributed by atoms with Crippen LogP contribution in [0.25, 0.3) is 89.8 Å². The van der Waals surface area contributed by atoms with Crippen LogP contribution in [-0.4, -0.2) is 19.9 Å². The Morgan fingerprint density at radius 3 is 0.982 bits per heavy atom. The van der Waals surface area contributed by atoms with Gasteiger partial charge in [0.2, 0.25) is 0 Å². The highest BCUT2D eigenvalue weighted by molar-refractivity contribution is 5.83. The van der Waals surface area contributed by atoms with Crippen LogP contribution in [0, 0.1) is 6.92 Å². The van der Waals surface area contributed by atoms with Crippen LogP contribution in [0.2, 0.25) is 0 Å². The maximum absolute atomic E-state index is 5.08. The van der Waals surface area contributed by atoms with E-state index in [-0.39, 0.29) is 0 Å². The Labute approximate surface area is 321 Å². The van der Waals surface area contributed by atoms with E-state index in [2.05, 4.69) is 152 Å². The highest BCUT2D eigenvalue weighted by Crippen LogP contribution is 2.36. The van der Waals surface area contributed by atoms with E-state index in [0.717, 1.165) is 67.0 Å². The van der Waals surface area contributed by atoms with E-state index >= 15 is 0 Å². The minimum Gasteiger partial charge on any atom is -0.248 e. The summed E-state index contributed by atoms with van der Waals surface area (Å²) in [6.45, 7) is 1.93. The Balaban J connectivity index is 1.13. The van der Waals surface area contributed by atoms with Gasteiger partial charge >= 0.3 is 0 Å². The molecule has 0 fully saturated rings. The molecule has 2 heterocycles. The van der Waals surface area contributed by atoms with Crippen molar-refractivity contribution in [2.75, 3.05) is 0 Å². The van der Waals surface area contributed by atoms with Gasteiger partial charge in [0.25, 0.3) is 0 Å². The SMILES string of the molecule is Cc1nc(-c2ccccc2)nc(-c2cc(-c3ccc(-c4ccccc4)cc3)cc(-c3ccc(-c4cc(-c5ccccc5)nc(-c5ccccc5)c4)cc3)c2)n1. The summed E-state index contributed by atoms with van der Waals surface area (Å²) in [6.07, 6.45) is 0. The van der Waals surface area contributed by atoms with Crippen molar-refractivity contribution in [3.63, 3.8) is 0 Å². The molecular formula is C51H36N4. The molecule has 0 amide bonds. The minimum atomic E-state index is 0.644. The van der Waals surface area contributed by atoms with Crippen molar-refractivity contribution in [1.29, 1.82) is 0 Å². The highest BCUT2D eigenvalue weighted by Gasteiger charge is 2.14. The van der Waals surface area contributed by atoms with Crippen molar-refractivity contribution in [3.8, 4) is 89.8 Å². The molecule has 55 heavy (non-hydrogen) atoms. The van der Waals surface area contributed by atoms with Gasteiger partial charge in [-0.05, 0) is 81.8 Å². The van der Waals surface area contributed by atoms with Crippen molar-refractivity contribution in [1.82, 2.24) is 19.9 Å². The lowest BCUT2D eigenvalue weighted by molar-refractivity contribution is 0.992. The Hall–Kier alpha value is -7.30. The third-order valence-corrected chi connectivity index (χ3v) is 9.81. The zero-order chi connectivity index (χ0) is 37.0. The number of hydrogen-bond acceptors (Lipinski definition) is 4.